The Hall–Kier alpha value is -1.27. The molecule has 0 aromatic heterocycles. The van der Waals surface area contributed by atoms with E-state index < -0.39 is 0 Å². The molecule has 0 atom stereocenters. The fraction of sp³-hybridized carbons (Fsp3) is 0.533. The van der Waals surface area contributed by atoms with Gasteiger partial charge in [-0.15, -0.1) is 0 Å². The van der Waals surface area contributed by atoms with E-state index in [0.717, 1.165) is 43.2 Å². The predicted molar refractivity (Wildman–Crippen MR) is 88.1 cm³/mol. The van der Waals surface area contributed by atoms with Gasteiger partial charge in [-0.3, -0.25) is 4.99 Å². The minimum atomic E-state index is -0.196. The van der Waals surface area contributed by atoms with Crippen molar-refractivity contribution in [3.05, 3.63) is 35.6 Å². The largest absolute Gasteiger partial charge is 0.370 e. The number of halogens is 1. The van der Waals surface area contributed by atoms with E-state index in [2.05, 4.69) is 14.8 Å². The second-order valence-electron chi connectivity index (χ2n) is 5.20. The van der Waals surface area contributed by atoms with Crippen LogP contribution in [0.1, 0.15) is 5.56 Å². The zero-order chi connectivity index (χ0) is 15.1. The van der Waals surface area contributed by atoms with E-state index in [0.29, 0.717) is 12.5 Å². The molecule has 0 unspecified atom stereocenters. The smallest absolute Gasteiger partial charge is 0.191 e. The van der Waals surface area contributed by atoms with Crippen LogP contribution >= 0.6 is 11.8 Å². The van der Waals surface area contributed by atoms with Crippen LogP contribution in [0.5, 0.6) is 0 Å². The van der Waals surface area contributed by atoms with E-state index >= 15 is 0 Å². The van der Waals surface area contributed by atoms with Crippen molar-refractivity contribution in [1.82, 2.24) is 9.80 Å². The zero-order valence-electron chi connectivity index (χ0n) is 12.5. The van der Waals surface area contributed by atoms with Gasteiger partial charge in [0.1, 0.15) is 5.82 Å². The first-order valence-corrected chi connectivity index (χ1v) is 8.36. The molecule has 0 aliphatic carbocycles. The number of thioether (sulfide) groups is 1. The van der Waals surface area contributed by atoms with Crippen LogP contribution in [0.4, 0.5) is 4.39 Å². The molecule has 2 N–H and O–H groups in total. The average molecular weight is 310 g/mol. The van der Waals surface area contributed by atoms with Gasteiger partial charge in [-0.25, -0.2) is 4.39 Å². The highest BCUT2D eigenvalue weighted by molar-refractivity contribution is 7.99. The number of hydrogen-bond donors (Lipinski definition) is 1. The van der Waals surface area contributed by atoms with Crippen LogP contribution in [0, 0.1) is 5.82 Å². The van der Waals surface area contributed by atoms with Gasteiger partial charge >= 0.3 is 0 Å². The molecule has 0 bridgehead atoms. The van der Waals surface area contributed by atoms with Crippen LogP contribution in [0.2, 0.25) is 0 Å². The number of nitrogens with two attached hydrogens (primary N) is 1. The van der Waals surface area contributed by atoms with Crippen molar-refractivity contribution in [2.75, 3.05) is 44.7 Å². The molecule has 1 aromatic rings. The highest BCUT2D eigenvalue weighted by atomic mass is 32.2. The standard InChI is InChI=1S/C15H23FN4S/c1-19(12-13-2-4-14(16)5-3-13)7-6-18-15(17)20-8-10-21-11-9-20/h2-5H,6-12H2,1H3,(H2,17,18). The molecule has 21 heavy (non-hydrogen) atoms. The van der Waals surface area contributed by atoms with Crippen molar-refractivity contribution in [1.29, 1.82) is 0 Å². The second-order valence-corrected chi connectivity index (χ2v) is 6.43. The molecule has 1 fully saturated rings. The molecule has 6 heteroatoms. The van der Waals surface area contributed by atoms with Crippen LogP contribution in [-0.2, 0) is 6.54 Å². The molecule has 1 aliphatic heterocycles. The summed E-state index contributed by atoms with van der Waals surface area (Å²) in [7, 11) is 2.03. The number of benzene rings is 1. The fourth-order valence-electron chi connectivity index (χ4n) is 2.21. The van der Waals surface area contributed by atoms with Crippen LogP contribution in [0.25, 0.3) is 0 Å². The number of guanidine groups is 1. The normalized spacial score (nSPS) is 16.5. The third kappa shape index (κ3) is 5.55. The van der Waals surface area contributed by atoms with Gasteiger partial charge in [-0.2, -0.15) is 11.8 Å². The zero-order valence-corrected chi connectivity index (χ0v) is 13.3. The number of aliphatic imine (C=N–C) groups is 1. The summed E-state index contributed by atoms with van der Waals surface area (Å²) in [5.41, 5.74) is 7.11. The second kappa shape index (κ2) is 8.24. The lowest BCUT2D eigenvalue weighted by Gasteiger charge is -2.27. The van der Waals surface area contributed by atoms with Gasteiger partial charge in [0.05, 0.1) is 6.54 Å². The monoisotopic (exact) mass is 310 g/mol. The van der Waals surface area contributed by atoms with Crippen LogP contribution in [0.3, 0.4) is 0 Å². The average Bonchev–Trinajstić information content (AvgIpc) is 2.50. The maximum absolute atomic E-state index is 12.8. The molecule has 1 saturated heterocycles. The van der Waals surface area contributed by atoms with E-state index in [4.69, 9.17) is 5.73 Å². The Morgan fingerprint density at radius 3 is 2.67 bits per heavy atom. The molecule has 0 amide bonds. The summed E-state index contributed by atoms with van der Waals surface area (Å²) in [6, 6.07) is 6.62. The van der Waals surface area contributed by atoms with Crippen molar-refractivity contribution in [3.63, 3.8) is 0 Å². The minimum absolute atomic E-state index is 0.196. The van der Waals surface area contributed by atoms with Crippen molar-refractivity contribution in [3.8, 4) is 0 Å². The molecular formula is C15H23FN4S. The Morgan fingerprint density at radius 2 is 2.00 bits per heavy atom. The molecule has 0 saturated carbocycles. The van der Waals surface area contributed by atoms with Gasteiger partial charge in [0.15, 0.2) is 5.96 Å². The topological polar surface area (TPSA) is 44.9 Å². The Morgan fingerprint density at radius 1 is 1.33 bits per heavy atom. The molecule has 1 heterocycles. The molecule has 2 rings (SSSR count). The van der Waals surface area contributed by atoms with Crippen LogP contribution < -0.4 is 5.73 Å². The van der Waals surface area contributed by atoms with E-state index in [9.17, 15) is 4.39 Å². The van der Waals surface area contributed by atoms with Crippen molar-refractivity contribution in [2.24, 2.45) is 10.7 Å². The fourth-order valence-corrected chi connectivity index (χ4v) is 3.11. The third-order valence-electron chi connectivity index (χ3n) is 3.46. The van der Waals surface area contributed by atoms with E-state index in [1.165, 1.54) is 12.1 Å². The van der Waals surface area contributed by atoms with Gasteiger partial charge in [0, 0.05) is 37.7 Å². The minimum Gasteiger partial charge on any atom is -0.370 e. The number of likely N-dealkylation sites (N-methyl/N-ethyl adjacent to an activating group) is 1. The SMILES string of the molecule is CN(CCN=C(N)N1CCSCC1)Cc1ccc(F)cc1. The van der Waals surface area contributed by atoms with Crippen molar-refractivity contribution >= 4 is 17.7 Å². The number of hydrogen-bond acceptors (Lipinski definition) is 3. The van der Waals surface area contributed by atoms with Gasteiger partial charge in [-0.1, -0.05) is 12.1 Å². The third-order valence-corrected chi connectivity index (χ3v) is 4.40. The lowest BCUT2D eigenvalue weighted by molar-refractivity contribution is 0.335. The molecule has 1 aromatic carbocycles. The summed E-state index contributed by atoms with van der Waals surface area (Å²) >= 11 is 1.96. The molecule has 0 spiro atoms. The predicted octanol–water partition coefficient (Wildman–Crippen LogP) is 1.62. The molecular weight excluding hydrogens is 287 g/mol. The van der Waals surface area contributed by atoms with E-state index in [1.807, 2.05) is 30.9 Å². The summed E-state index contributed by atoms with van der Waals surface area (Å²) in [5, 5.41) is 0. The highest BCUT2D eigenvalue weighted by Crippen LogP contribution is 2.08. The first kappa shape index (κ1) is 16.1. The highest BCUT2D eigenvalue weighted by Gasteiger charge is 2.11. The Kier molecular flexibility index (Phi) is 6.32. The first-order chi connectivity index (χ1) is 10.1. The number of nitrogens with zero attached hydrogens (tertiary/aromatic N) is 3. The van der Waals surface area contributed by atoms with Gasteiger partial charge in [0.25, 0.3) is 0 Å². The lowest BCUT2D eigenvalue weighted by Crippen LogP contribution is -2.43. The lowest BCUT2D eigenvalue weighted by atomic mass is 10.2. The molecule has 0 radical (unpaired) electrons. The summed E-state index contributed by atoms with van der Waals surface area (Å²) < 4.78 is 12.8. The summed E-state index contributed by atoms with van der Waals surface area (Å²) in [4.78, 5) is 8.77. The first-order valence-electron chi connectivity index (χ1n) is 7.21. The summed E-state index contributed by atoms with van der Waals surface area (Å²) in [6.07, 6.45) is 0. The van der Waals surface area contributed by atoms with Gasteiger partial charge in [-0.05, 0) is 24.7 Å². The molecule has 1 aliphatic rings. The Labute approximate surface area is 130 Å². The van der Waals surface area contributed by atoms with Crippen LogP contribution in [-0.4, -0.2) is 60.5 Å². The maximum atomic E-state index is 12.8. The van der Waals surface area contributed by atoms with E-state index in [1.54, 1.807) is 0 Å². The molecule has 4 nitrogen and oxygen atoms in total. The Balaban J connectivity index is 1.72. The van der Waals surface area contributed by atoms with Gasteiger partial charge < -0.3 is 15.5 Å². The summed E-state index contributed by atoms with van der Waals surface area (Å²) in [5.74, 6) is 2.71. The van der Waals surface area contributed by atoms with Gasteiger partial charge in [0.2, 0.25) is 0 Å². The Bertz CT molecular complexity index is 457. The molecule has 116 valence electrons. The van der Waals surface area contributed by atoms with Crippen molar-refractivity contribution in [2.45, 2.75) is 6.54 Å². The summed E-state index contributed by atoms with van der Waals surface area (Å²) in [6.45, 7) is 4.29. The number of rotatable bonds is 5. The van der Waals surface area contributed by atoms with Crippen LogP contribution in [0.15, 0.2) is 29.3 Å². The van der Waals surface area contributed by atoms with Crippen molar-refractivity contribution < 1.29 is 4.39 Å². The quantitative estimate of drug-likeness (QED) is 0.663. The maximum Gasteiger partial charge on any atom is 0.191 e. The van der Waals surface area contributed by atoms with E-state index in [-0.39, 0.29) is 5.82 Å².